The maximum atomic E-state index is 12.1. The molecule has 1 atom stereocenters. The van der Waals surface area contributed by atoms with Gasteiger partial charge in [-0.05, 0) is 36.6 Å². The topological polar surface area (TPSA) is 75.6 Å². The molecule has 0 aliphatic carbocycles. The van der Waals surface area contributed by atoms with Gasteiger partial charge in [0.25, 0.3) is 0 Å². The summed E-state index contributed by atoms with van der Waals surface area (Å²) in [5, 5.41) is 9.16. The van der Waals surface area contributed by atoms with Crippen LogP contribution in [0.15, 0.2) is 23.1 Å². The predicted molar refractivity (Wildman–Crippen MR) is 66.6 cm³/mol. The summed E-state index contributed by atoms with van der Waals surface area (Å²) in [7, 11) is -3.53. The van der Waals surface area contributed by atoms with Gasteiger partial charge in [-0.3, -0.25) is 0 Å². The van der Waals surface area contributed by atoms with Gasteiger partial charge >= 0.3 is 0 Å². The van der Waals surface area contributed by atoms with Crippen molar-refractivity contribution in [2.24, 2.45) is 0 Å². The van der Waals surface area contributed by atoms with Crippen LogP contribution >= 0.6 is 0 Å². The monoisotopic (exact) mass is 271 g/mol. The van der Waals surface area contributed by atoms with Gasteiger partial charge in [0.15, 0.2) is 0 Å². The van der Waals surface area contributed by atoms with Crippen LogP contribution < -0.4 is 4.72 Å². The van der Waals surface area contributed by atoms with Gasteiger partial charge in [0.05, 0.1) is 18.1 Å². The van der Waals surface area contributed by atoms with E-state index in [-0.39, 0.29) is 17.5 Å². The Morgan fingerprint density at radius 1 is 1.50 bits per heavy atom. The second-order valence-corrected chi connectivity index (χ2v) is 6.14. The van der Waals surface area contributed by atoms with Crippen LogP contribution in [-0.2, 0) is 21.4 Å². The SMILES string of the molecule is Cc1ccc(S(=O)(=O)NC2CCOC2)cc1CO. The van der Waals surface area contributed by atoms with E-state index in [4.69, 9.17) is 9.84 Å². The molecule has 0 aromatic heterocycles. The minimum absolute atomic E-state index is 0.158. The molecule has 1 aliphatic heterocycles. The second-order valence-electron chi connectivity index (χ2n) is 4.43. The largest absolute Gasteiger partial charge is 0.392 e. The number of aliphatic hydroxyl groups excluding tert-OH is 1. The van der Waals surface area contributed by atoms with Gasteiger partial charge in [-0.25, -0.2) is 13.1 Å². The van der Waals surface area contributed by atoms with Gasteiger partial charge in [0.1, 0.15) is 0 Å². The minimum atomic E-state index is -3.53. The van der Waals surface area contributed by atoms with Crippen molar-refractivity contribution in [3.8, 4) is 0 Å². The van der Waals surface area contributed by atoms with Gasteiger partial charge in [0.2, 0.25) is 10.0 Å². The summed E-state index contributed by atoms with van der Waals surface area (Å²) >= 11 is 0. The maximum absolute atomic E-state index is 12.1. The summed E-state index contributed by atoms with van der Waals surface area (Å²) in [4.78, 5) is 0.184. The third-order valence-electron chi connectivity index (χ3n) is 3.05. The zero-order valence-corrected chi connectivity index (χ0v) is 11.0. The summed E-state index contributed by atoms with van der Waals surface area (Å²) in [6.45, 7) is 2.67. The van der Waals surface area contributed by atoms with Crippen LogP contribution in [0.25, 0.3) is 0 Å². The van der Waals surface area contributed by atoms with Crippen molar-refractivity contribution in [3.63, 3.8) is 0 Å². The summed E-state index contributed by atoms with van der Waals surface area (Å²) in [5.74, 6) is 0. The van der Waals surface area contributed by atoms with Gasteiger partial charge in [-0.2, -0.15) is 0 Å². The normalized spacial score (nSPS) is 20.2. The van der Waals surface area contributed by atoms with Gasteiger partial charge in [-0.1, -0.05) is 6.07 Å². The first-order chi connectivity index (χ1) is 8.53. The molecular weight excluding hydrogens is 254 g/mol. The molecule has 1 aromatic rings. The smallest absolute Gasteiger partial charge is 0.240 e. The molecule has 1 aliphatic rings. The number of aryl methyl sites for hydroxylation is 1. The van der Waals surface area contributed by atoms with Crippen LogP contribution in [-0.4, -0.2) is 32.8 Å². The van der Waals surface area contributed by atoms with E-state index in [2.05, 4.69) is 4.72 Å². The number of nitrogens with one attached hydrogen (secondary N) is 1. The van der Waals surface area contributed by atoms with Crippen LogP contribution in [0.4, 0.5) is 0 Å². The lowest BCUT2D eigenvalue weighted by atomic mass is 10.1. The highest BCUT2D eigenvalue weighted by molar-refractivity contribution is 7.89. The Bertz CT molecular complexity index is 521. The molecule has 2 N–H and O–H groups in total. The lowest BCUT2D eigenvalue weighted by molar-refractivity contribution is 0.192. The lowest BCUT2D eigenvalue weighted by Crippen LogP contribution is -2.35. The molecule has 0 spiro atoms. The molecule has 0 bridgehead atoms. The average molecular weight is 271 g/mol. The quantitative estimate of drug-likeness (QED) is 0.839. The van der Waals surface area contributed by atoms with Crippen molar-refractivity contribution < 1.29 is 18.3 Å². The van der Waals surface area contributed by atoms with E-state index in [1.54, 1.807) is 12.1 Å². The second kappa shape index (κ2) is 5.36. The zero-order chi connectivity index (χ0) is 13.2. The summed E-state index contributed by atoms with van der Waals surface area (Å²) in [6, 6.07) is 4.60. The molecule has 6 heteroatoms. The number of aliphatic hydroxyl groups is 1. The minimum Gasteiger partial charge on any atom is -0.392 e. The fourth-order valence-electron chi connectivity index (χ4n) is 1.90. The number of benzene rings is 1. The van der Waals surface area contributed by atoms with Crippen molar-refractivity contribution >= 4 is 10.0 Å². The van der Waals surface area contributed by atoms with Crippen LogP contribution in [0.1, 0.15) is 17.5 Å². The highest BCUT2D eigenvalue weighted by atomic mass is 32.2. The van der Waals surface area contributed by atoms with Gasteiger partial charge < -0.3 is 9.84 Å². The predicted octanol–water partition coefficient (Wildman–Crippen LogP) is 0.555. The van der Waals surface area contributed by atoms with Crippen molar-refractivity contribution in [2.75, 3.05) is 13.2 Å². The first kappa shape index (κ1) is 13.5. The first-order valence-corrected chi connectivity index (χ1v) is 7.32. The summed E-state index contributed by atoms with van der Waals surface area (Å²) < 4.78 is 32.0. The third-order valence-corrected chi connectivity index (χ3v) is 4.57. The van der Waals surface area contributed by atoms with E-state index in [0.29, 0.717) is 25.2 Å². The Kier molecular flexibility index (Phi) is 4.01. The Balaban J connectivity index is 2.23. The Labute approximate surface area is 107 Å². The van der Waals surface area contributed by atoms with Crippen LogP contribution in [0.5, 0.6) is 0 Å². The van der Waals surface area contributed by atoms with Crippen molar-refractivity contribution in [1.82, 2.24) is 4.72 Å². The Morgan fingerprint density at radius 3 is 2.89 bits per heavy atom. The molecule has 2 rings (SSSR count). The van der Waals surface area contributed by atoms with E-state index in [1.807, 2.05) is 6.92 Å². The molecule has 0 radical (unpaired) electrons. The molecule has 1 fully saturated rings. The Hall–Kier alpha value is -0.950. The zero-order valence-electron chi connectivity index (χ0n) is 10.2. The van der Waals surface area contributed by atoms with E-state index < -0.39 is 10.0 Å². The Morgan fingerprint density at radius 2 is 2.28 bits per heavy atom. The molecular formula is C12H17NO4S. The van der Waals surface area contributed by atoms with Crippen molar-refractivity contribution in [1.29, 1.82) is 0 Å². The lowest BCUT2D eigenvalue weighted by Gasteiger charge is -2.12. The highest BCUT2D eigenvalue weighted by Crippen LogP contribution is 2.17. The average Bonchev–Trinajstić information content (AvgIpc) is 2.81. The maximum Gasteiger partial charge on any atom is 0.240 e. The molecule has 0 saturated carbocycles. The molecule has 5 nitrogen and oxygen atoms in total. The first-order valence-electron chi connectivity index (χ1n) is 5.83. The fraction of sp³-hybridized carbons (Fsp3) is 0.500. The molecule has 18 heavy (non-hydrogen) atoms. The summed E-state index contributed by atoms with van der Waals surface area (Å²) in [5.41, 5.74) is 1.50. The third kappa shape index (κ3) is 2.89. The van der Waals surface area contributed by atoms with E-state index in [0.717, 1.165) is 5.56 Å². The molecule has 100 valence electrons. The van der Waals surface area contributed by atoms with E-state index in [1.165, 1.54) is 6.07 Å². The molecule has 0 amide bonds. The van der Waals surface area contributed by atoms with Gasteiger partial charge in [-0.15, -0.1) is 0 Å². The number of rotatable bonds is 4. The molecule has 1 saturated heterocycles. The molecule has 1 aromatic carbocycles. The van der Waals surface area contributed by atoms with Crippen LogP contribution in [0.3, 0.4) is 0 Å². The number of ether oxygens (including phenoxy) is 1. The van der Waals surface area contributed by atoms with E-state index in [9.17, 15) is 8.42 Å². The van der Waals surface area contributed by atoms with Crippen molar-refractivity contribution in [2.45, 2.75) is 30.9 Å². The van der Waals surface area contributed by atoms with Crippen molar-refractivity contribution in [3.05, 3.63) is 29.3 Å². The van der Waals surface area contributed by atoms with Crippen LogP contribution in [0, 0.1) is 6.92 Å². The highest BCUT2D eigenvalue weighted by Gasteiger charge is 2.23. The van der Waals surface area contributed by atoms with Crippen LogP contribution in [0.2, 0.25) is 0 Å². The summed E-state index contributed by atoms with van der Waals surface area (Å²) in [6.07, 6.45) is 0.692. The fourth-order valence-corrected chi connectivity index (χ4v) is 3.21. The molecule has 1 unspecified atom stereocenters. The number of sulfonamides is 1. The van der Waals surface area contributed by atoms with E-state index >= 15 is 0 Å². The number of hydrogen-bond acceptors (Lipinski definition) is 4. The standard InChI is InChI=1S/C12H17NO4S/c1-9-2-3-12(6-10(9)7-14)18(15,16)13-11-4-5-17-8-11/h2-3,6,11,13-14H,4-5,7-8H2,1H3. The number of hydrogen-bond donors (Lipinski definition) is 2. The van der Waals surface area contributed by atoms with Gasteiger partial charge in [0, 0.05) is 12.6 Å². The molecule has 1 heterocycles.